The average molecular weight is 259 g/mol. The lowest BCUT2D eigenvalue weighted by molar-refractivity contribution is 0.389. The van der Waals surface area contributed by atoms with Gasteiger partial charge in [-0.25, -0.2) is 0 Å². The van der Waals surface area contributed by atoms with E-state index in [4.69, 9.17) is 0 Å². The molecule has 104 valence electrons. The van der Waals surface area contributed by atoms with Crippen LogP contribution in [0.2, 0.25) is 0 Å². The average Bonchev–Trinajstić information content (AvgIpc) is 2.94. The van der Waals surface area contributed by atoms with Crippen LogP contribution < -0.4 is 16.2 Å². The molecule has 0 amide bonds. The number of hydrogen-bond acceptors (Lipinski definition) is 3. The Morgan fingerprint density at radius 2 is 1.89 bits per heavy atom. The summed E-state index contributed by atoms with van der Waals surface area (Å²) < 4.78 is 0. The van der Waals surface area contributed by atoms with Gasteiger partial charge in [-0.2, -0.15) is 0 Å². The van der Waals surface area contributed by atoms with Crippen LogP contribution in [0.25, 0.3) is 0 Å². The predicted octanol–water partition coefficient (Wildman–Crippen LogP) is 1.78. The number of hydrogen-bond donors (Lipinski definition) is 3. The molecule has 0 spiro atoms. The molecule has 3 N–H and O–H groups in total. The molecular formula is C16H25N3. The molecule has 19 heavy (non-hydrogen) atoms. The van der Waals surface area contributed by atoms with Crippen LogP contribution in [0.5, 0.6) is 0 Å². The zero-order valence-corrected chi connectivity index (χ0v) is 11.9. The summed E-state index contributed by atoms with van der Waals surface area (Å²) in [6.45, 7) is 4.55. The van der Waals surface area contributed by atoms with Gasteiger partial charge >= 0.3 is 0 Å². The molecule has 3 atom stereocenters. The Labute approximate surface area is 116 Å². The maximum Gasteiger partial charge on any atom is 0.0242 e. The summed E-state index contributed by atoms with van der Waals surface area (Å²) >= 11 is 0. The Kier molecular flexibility index (Phi) is 3.87. The first-order chi connectivity index (χ1) is 9.20. The van der Waals surface area contributed by atoms with Crippen LogP contribution in [-0.4, -0.2) is 24.2 Å². The third-order valence-electron chi connectivity index (χ3n) is 4.38. The van der Waals surface area contributed by atoms with E-state index < -0.39 is 0 Å². The van der Waals surface area contributed by atoms with E-state index in [1.54, 1.807) is 0 Å². The summed E-state index contributed by atoms with van der Waals surface area (Å²) in [4.78, 5) is 0. The maximum atomic E-state index is 3.80. The minimum absolute atomic E-state index is 0.573. The molecule has 3 unspecified atom stereocenters. The first-order valence-electron chi connectivity index (χ1n) is 7.54. The van der Waals surface area contributed by atoms with Crippen molar-refractivity contribution >= 4 is 0 Å². The lowest BCUT2D eigenvalue weighted by Gasteiger charge is -2.22. The second kappa shape index (κ2) is 5.61. The molecule has 1 aromatic carbocycles. The highest BCUT2D eigenvalue weighted by Crippen LogP contribution is 2.22. The lowest BCUT2D eigenvalue weighted by atomic mass is 10.0. The Hall–Kier alpha value is -0.900. The second-order valence-corrected chi connectivity index (χ2v) is 6.30. The van der Waals surface area contributed by atoms with Gasteiger partial charge in [-0.3, -0.25) is 10.9 Å². The summed E-state index contributed by atoms with van der Waals surface area (Å²) in [7, 11) is 0. The molecule has 1 heterocycles. The quantitative estimate of drug-likeness (QED) is 0.771. The maximum absolute atomic E-state index is 3.80. The van der Waals surface area contributed by atoms with E-state index >= 15 is 0 Å². The van der Waals surface area contributed by atoms with Crippen LogP contribution in [0.4, 0.5) is 0 Å². The van der Waals surface area contributed by atoms with Gasteiger partial charge in [0, 0.05) is 24.2 Å². The molecule has 0 radical (unpaired) electrons. The summed E-state index contributed by atoms with van der Waals surface area (Å²) in [6, 6.07) is 11.3. The van der Waals surface area contributed by atoms with E-state index in [1.165, 1.54) is 36.8 Å². The van der Waals surface area contributed by atoms with Gasteiger partial charge in [0.15, 0.2) is 0 Å². The summed E-state index contributed by atoms with van der Waals surface area (Å²) in [6.07, 6.45) is 4.81. The standard InChI is InChI=1S/C16H25N3/c1-11(7-16-8-12(2)18-19-16)17-15-9-13-5-3-4-6-14(13)10-15/h3-6,11-12,15-19H,7-10H2,1-2H3. The summed E-state index contributed by atoms with van der Waals surface area (Å²) in [5.41, 5.74) is 9.75. The van der Waals surface area contributed by atoms with Crippen LogP contribution in [-0.2, 0) is 12.8 Å². The van der Waals surface area contributed by atoms with Gasteiger partial charge in [-0.15, -0.1) is 0 Å². The van der Waals surface area contributed by atoms with E-state index in [0.29, 0.717) is 24.2 Å². The largest absolute Gasteiger partial charge is 0.311 e. The number of nitrogens with one attached hydrogen (secondary N) is 3. The van der Waals surface area contributed by atoms with Crippen molar-refractivity contribution in [3.63, 3.8) is 0 Å². The topological polar surface area (TPSA) is 36.1 Å². The zero-order valence-electron chi connectivity index (χ0n) is 11.9. The number of fused-ring (bicyclic) bond motifs is 1. The van der Waals surface area contributed by atoms with Crippen molar-refractivity contribution in [1.82, 2.24) is 16.2 Å². The Bertz CT molecular complexity index is 407. The molecule has 3 nitrogen and oxygen atoms in total. The van der Waals surface area contributed by atoms with Gasteiger partial charge in [-0.05, 0) is 50.7 Å². The number of rotatable bonds is 4. The Morgan fingerprint density at radius 1 is 1.21 bits per heavy atom. The summed E-state index contributed by atoms with van der Waals surface area (Å²) in [5, 5.41) is 3.80. The molecule has 1 aromatic rings. The molecular weight excluding hydrogens is 234 g/mol. The monoisotopic (exact) mass is 259 g/mol. The van der Waals surface area contributed by atoms with E-state index in [9.17, 15) is 0 Å². The molecule has 0 bridgehead atoms. The van der Waals surface area contributed by atoms with Gasteiger partial charge in [0.25, 0.3) is 0 Å². The van der Waals surface area contributed by atoms with Crippen LogP contribution >= 0.6 is 0 Å². The van der Waals surface area contributed by atoms with Crippen LogP contribution in [0.1, 0.15) is 37.8 Å². The van der Waals surface area contributed by atoms with Crippen molar-refractivity contribution in [2.45, 2.75) is 63.7 Å². The highest BCUT2D eigenvalue weighted by Gasteiger charge is 2.25. The fourth-order valence-electron chi connectivity index (χ4n) is 3.53. The number of hydrazine groups is 1. The Balaban J connectivity index is 1.48. The van der Waals surface area contributed by atoms with E-state index in [-0.39, 0.29) is 0 Å². The van der Waals surface area contributed by atoms with Gasteiger partial charge in [0.2, 0.25) is 0 Å². The van der Waals surface area contributed by atoms with E-state index in [1.807, 2.05) is 0 Å². The molecule has 1 fully saturated rings. The number of benzene rings is 1. The molecule has 2 aliphatic rings. The van der Waals surface area contributed by atoms with Crippen molar-refractivity contribution in [3.05, 3.63) is 35.4 Å². The van der Waals surface area contributed by atoms with Crippen LogP contribution in [0.3, 0.4) is 0 Å². The third-order valence-corrected chi connectivity index (χ3v) is 4.38. The molecule has 3 rings (SSSR count). The molecule has 0 saturated carbocycles. The lowest BCUT2D eigenvalue weighted by Crippen LogP contribution is -2.41. The van der Waals surface area contributed by atoms with Crippen molar-refractivity contribution in [2.24, 2.45) is 0 Å². The highest BCUT2D eigenvalue weighted by molar-refractivity contribution is 5.33. The molecule has 0 aromatic heterocycles. The second-order valence-electron chi connectivity index (χ2n) is 6.30. The first-order valence-corrected chi connectivity index (χ1v) is 7.54. The fraction of sp³-hybridized carbons (Fsp3) is 0.625. The van der Waals surface area contributed by atoms with Gasteiger partial charge in [0.1, 0.15) is 0 Å². The molecule has 1 aliphatic heterocycles. The van der Waals surface area contributed by atoms with Crippen LogP contribution in [0, 0.1) is 0 Å². The molecule has 3 heteroatoms. The van der Waals surface area contributed by atoms with Gasteiger partial charge in [0.05, 0.1) is 0 Å². The molecule has 1 saturated heterocycles. The Morgan fingerprint density at radius 3 is 2.47 bits per heavy atom. The summed E-state index contributed by atoms with van der Waals surface area (Å²) in [5.74, 6) is 0. The van der Waals surface area contributed by atoms with Crippen molar-refractivity contribution in [1.29, 1.82) is 0 Å². The SMILES string of the molecule is CC1CC(CC(C)NC2Cc3ccccc3C2)NN1. The van der Waals surface area contributed by atoms with Crippen molar-refractivity contribution in [3.8, 4) is 0 Å². The third kappa shape index (κ3) is 3.16. The predicted molar refractivity (Wildman–Crippen MR) is 79.0 cm³/mol. The minimum Gasteiger partial charge on any atom is -0.311 e. The fourth-order valence-corrected chi connectivity index (χ4v) is 3.53. The zero-order chi connectivity index (χ0) is 13.2. The first kappa shape index (κ1) is 13.1. The van der Waals surface area contributed by atoms with Gasteiger partial charge < -0.3 is 5.32 Å². The minimum atomic E-state index is 0.573. The van der Waals surface area contributed by atoms with Crippen molar-refractivity contribution in [2.75, 3.05) is 0 Å². The van der Waals surface area contributed by atoms with Crippen LogP contribution in [0.15, 0.2) is 24.3 Å². The normalized spacial score (nSPS) is 28.5. The van der Waals surface area contributed by atoms with E-state index in [0.717, 1.165) is 0 Å². The van der Waals surface area contributed by atoms with Crippen molar-refractivity contribution < 1.29 is 0 Å². The highest BCUT2D eigenvalue weighted by atomic mass is 15.4. The molecule has 1 aliphatic carbocycles. The van der Waals surface area contributed by atoms with Gasteiger partial charge in [-0.1, -0.05) is 24.3 Å². The van der Waals surface area contributed by atoms with E-state index in [2.05, 4.69) is 54.3 Å². The smallest absolute Gasteiger partial charge is 0.0242 e.